The average Bonchev–Trinajstić information content (AvgIpc) is 3.21. The lowest BCUT2D eigenvalue weighted by molar-refractivity contribution is -0.151. The molecule has 1 aliphatic heterocycles. The summed E-state index contributed by atoms with van der Waals surface area (Å²) < 4.78 is 11.5. The molecule has 0 spiro atoms. The van der Waals surface area contributed by atoms with Crippen LogP contribution < -0.4 is 5.56 Å². The zero-order valence-electron chi connectivity index (χ0n) is 16.9. The van der Waals surface area contributed by atoms with Crippen molar-refractivity contribution in [3.63, 3.8) is 0 Å². The van der Waals surface area contributed by atoms with Crippen molar-refractivity contribution in [3.8, 4) is 11.3 Å². The summed E-state index contributed by atoms with van der Waals surface area (Å²) in [7, 11) is 0. The molecule has 162 valence electrons. The number of hydrogen-bond donors (Lipinski definition) is 0. The van der Waals surface area contributed by atoms with E-state index in [0.29, 0.717) is 42.3 Å². The number of rotatable bonds is 5. The fourth-order valence-electron chi connectivity index (χ4n) is 3.70. The van der Waals surface area contributed by atoms with E-state index in [1.807, 2.05) is 0 Å². The standard InChI is InChI=1S/C21H21ClN4O5/c1-2-30-21(29)14-4-3-9-25(10-14)16(27)11-26-12-23-19-17(20(26)28)18(24-31-19)13-5-7-15(22)8-6-13/h5-8,12,14H,2-4,9-11H2,1H3. The Balaban J connectivity index is 1.57. The first kappa shape index (κ1) is 21.0. The third-order valence-corrected chi connectivity index (χ3v) is 5.53. The van der Waals surface area contributed by atoms with Crippen molar-refractivity contribution in [1.82, 2.24) is 19.6 Å². The number of esters is 1. The molecule has 1 atom stereocenters. The highest BCUT2D eigenvalue weighted by molar-refractivity contribution is 6.30. The number of likely N-dealkylation sites (tertiary alicyclic amines) is 1. The van der Waals surface area contributed by atoms with Crippen molar-refractivity contribution in [1.29, 1.82) is 0 Å². The van der Waals surface area contributed by atoms with E-state index in [0.717, 1.165) is 0 Å². The number of halogens is 1. The lowest BCUT2D eigenvalue weighted by Crippen LogP contribution is -2.45. The fourth-order valence-corrected chi connectivity index (χ4v) is 3.83. The van der Waals surface area contributed by atoms with Crippen LogP contribution in [0.4, 0.5) is 0 Å². The highest BCUT2D eigenvalue weighted by Gasteiger charge is 2.29. The molecule has 2 aromatic heterocycles. The SMILES string of the molecule is CCOC(=O)C1CCCN(C(=O)Cn2cnc3onc(-c4ccc(Cl)cc4)c3c2=O)C1. The largest absolute Gasteiger partial charge is 0.466 e. The van der Waals surface area contributed by atoms with Gasteiger partial charge in [-0.15, -0.1) is 0 Å². The van der Waals surface area contributed by atoms with Crippen molar-refractivity contribution in [2.45, 2.75) is 26.3 Å². The Bertz CT molecular complexity index is 1170. The van der Waals surface area contributed by atoms with Gasteiger partial charge in [0.2, 0.25) is 5.91 Å². The molecule has 1 unspecified atom stereocenters. The predicted octanol–water partition coefficient (Wildman–Crippen LogP) is 2.51. The van der Waals surface area contributed by atoms with Crippen molar-refractivity contribution in [2.24, 2.45) is 5.92 Å². The molecule has 1 fully saturated rings. The van der Waals surface area contributed by atoms with Gasteiger partial charge in [-0.3, -0.25) is 19.0 Å². The Morgan fingerprint density at radius 3 is 2.81 bits per heavy atom. The van der Waals surface area contributed by atoms with Crippen LogP contribution in [0, 0.1) is 5.92 Å². The Morgan fingerprint density at radius 2 is 2.06 bits per heavy atom. The molecule has 0 saturated carbocycles. The number of nitrogens with zero attached hydrogens (tertiary/aromatic N) is 4. The van der Waals surface area contributed by atoms with Crippen LogP contribution in [0.25, 0.3) is 22.4 Å². The molecule has 31 heavy (non-hydrogen) atoms. The maximum Gasteiger partial charge on any atom is 0.310 e. The first-order chi connectivity index (χ1) is 15.0. The second kappa shape index (κ2) is 8.89. The van der Waals surface area contributed by atoms with Crippen LogP contribution in [0.15, 0.2) is 39.9 Å². The van der Waals surface area contributed by atoms with Crippen LogP contribution in [-0.2, 0) is 20.9 Å². The predicted molar refractivity (Wildman–Crippen MR) is 112 cm³/mol. The summed E-state index contributed by atoms with van der Waals surface area (Å²) in [5.74, 6) is -0.899. The first-order valence-corrected chi connectivity index (χ1v) is 10.4. The highest BCUT2D eigenvalue weighted by Crippen LogP contribution is 2.25. The van der Waals surface area contributed by atoms with Gasteiger partial charge in [0.1, 0.15) is 24.0 Å². The Hall–Kier alpha value is -3.20. The van der Waals surface area contributed by atoms with Crippen molar-refractivity contribution in [3.05, 3.63) is 46.0 Å². The number of benzene rings is 1. The molecule has 0 N–H and O–H groups in total. The van der Waals surface area contributed by atoms with Crippen LogP contribution in [0.5, 0.6) is 0 Å². The van der Waals surface area contributed by atoms with Crippen LogP contribution in [0.1, 0.15) is 19.8 Å². The first-order valence-electron chi connectivity index (χ1n) is 10.0. The van der Waals surface area contributed by atoms with E-state index < -0.39 is 5.56 Å². The number of aromatic nitrogens is 3. The molecular formula is C21H21ClN4O5. The molecule has 3 aromatic rings. The van der Waals surface area contributed by atoms with Gasteiger partial charge in [-0.2, -0.15) is 0 Å². The van der Waals surface area contributed by atoms with Gasteiger partial charge in [-0.25, -0.2) is 4.98 Å². The van der Waals surface area contributed by atoms with E-state index >= 15 is 0 Å². The van der Waals surface area contributed by atoms with Gasteiger partial charge in [-0.05, 0) is 31.9 Å². The topological polar surface area (TPSA) is 108 Å². The Labute approximate surface area is 182 Å². The Kier molecular flexibility index (Phi) is 6.03. The van der Waals surface area contributed by atoms with Gasteiger partial charge in [0.05, 0.1) is 12.5 Å². The van der Waals surface area contributed by atoms with Gasteiger partial charge in [0.25, 0.3) is 11.3 Å². The molecule has 1 saturated heterocycles. The Morgan fingerprint density at radius 1 is 1.29 bits per heavy atom. The van der Waals surface area contributed by atoms with Crippen molar-refractivity contribution in [2.75, 3.05) is 19.7 Å². The number of amides is 1. The summed E-state index contributed by atoms with van der Waals surface area (Å²) in [5.41, 5.74) is 0.660. The van der Waals surface area contributed by atoms with E-state index in [4.69, 9.17) is 20.9 Å². The lowest BCUT2D eigenvalue weighted by atomic mass is 9.98. The number of carbonyl (C=O) groups is 2. The minimum atomic E-state index is -0.427. The maximum absolute atomic E-state index is 13.1. The molecule has 0 radical (unpaired) electrons. The van der Waals surface area contributed by atoms with Gasteiger partial charge < -0.3 is 14.2 Å². The van der Waals surface area contributed by atoms with Gasteiger partial charge in [0.15, 0.2) is 0 Å². The number of carbonyl (C=O) groups excluding carboxylic acids is 2. The summed E-state index contributed by atoms with van der Waals surface area (Å²) in [6.07, 6.45) is 2.65. The zero-order chi connectivity index (χ0) is 22.0. The molecular weight excluding hydrogens is 424 g/mol. The van der Waals surface area contributed by atoms with Gasteiger partial charge in [0, 0.05) is 23.7 Å². The minimum Gasteiger partial charge on any atom is -0.466 e. The second-order valence-corrected chi connectivity index (χ2v) is 7.76. The molecule has 1 aliphatic rings. The summed E-state index contributed by atoms with van der Waals surface area (Å²) in [4.78, 5) is 43.7. The van der Waals surface area contributed by atoms with E-state index in [9.17, 15) is 14.4 Å². The van der Waals surface area contributed by atoms with Crippen molar-refractivity contribution < 1.29 is 18.8 Å². The molecule has 1 aromatic carbocycles. The fraction of sp³-hybridized carbons (Fsp3) is 0.381. The molecule has 0 bridgehead atoms. The van der Waals surface area contributed by atoms with Gasteiger partial charge >= 0.3 is 5.97 Å². The van der Waals surface area contributed by atoms with Crippen LogP contribution in [0.2, 0.25) is 5.02 Å². The molecule has 10 heteroatoms. The number of piperidine rings is 1. The van der Waals surface area contributed by atoms with E-state index in [1.54, 1.807) is 36.1 Å². The van der Waals surface area contributed by atoms with Crippen LogP contribution >= 0.6 is 11.6 Å². The molecule has 0 aliphatic carbocycles. The molecule has 4 rings (SSSR count). The summed E-state index contributed by atoms with van der Waals surface area (Å²) in [5, 5.41) is 4.72. The third-order valence-electron chi connectivity index (χ3n) is 5.28. The van der Waals surface area contributed by atoms with Crippen molar-refractivity contribution >= 4 is 34.6 Å². The number of hydrogen-bond acceptors (Lipinski definition) is 7. The smallest absolute Gasteiger partial charge is 0.310 e. The van der Waals surface area contributed by atoms with Gasteiger partial charge in [-0.1, -0.05) is 28.9 Å². The second-order valence-electron chi connectivity index (χ2n) is 7.33. The third kappa shape index (κ3) is 4.32. The zero-order valence-corrected chi connectivity index (χ0v) is 17.7. The van der Waals surface area contributed by atoms with E-state index in [2.05, 4.69) is 10.1 Å². The summed E-state index contributed by atoms with van der Waals surface area (Å²) in [6, 6.07) is 6.83. The molecule has 1 amide bonds. The lowest BCUT2D eigenvalue weighted by Gasteiger charge is -2.31. The average molecular weight is 445 g/mol. The van der Waals surface area contributed by atoms with Crippen LogP contribution in [0.3, 0.4) is 0 Å². The summed E-state index contributed by atoms with van der Waals surface area (Å²) in [6.45, 7) is 2.68. The molecule has 3 heterocycles. The molecule has 9 nitrogen and oxygen atoms in total. The minimum absolute atomic E-state index is 0.0963. The highest BCUT2D eigenvalue weighted by atomic mass is 35.5. The quantitative estimate of drug-likeness (QED) is 0.556. The monoisotopic (exact) mass is 444 g/mol. The normalized spacial score (nSPS) is 16.5. The number of fused-ring (bicyclic) bond motifs is 1. The van der Waals surface area contributed by atoms with E-state index in [-0.39, 0.29) is 42.0 Å². The van der Waals surface area contributed by atoms with E-state index in [1.165, 1.54) is 10.9 Å². The summed E-state index contributed by atoms with van der Waals surface area (Å²) >= 11 is 5.93. The van der Waals surface area contributed by atoms with Crippen LogP contribution in [-0.4, -0.2) is 51.2 Å². The number of ether oxygens (including phenoxy) is 1. The maximum atomic E-state index is 13.1.